The second-order valence-corrected chi connectivity index (χ2v) is 10.5. The lowest BCUT2D eigenvalue weighted by Gasteiger charge is -2.62. The van der Waals surface area contributed by atoms with E-state index in [1.165, 1.54) is 68.2 Å². The summed E-state index contributed by atoms with van der Waals surface area (Å²) < 4.78 is 2.60. The predicted octanol–water partition coefficient (Wildman–Crippen LogP) is 6.09. The fourth-order valence-electron chi connectivity index (χ4n) is 6.78. The van der Waals surface area contributed by atoms with Gasteiger partial charge in [-0.1, -0.05) is 58.6 Å². The molecule has 3 nitrogen and oxygen atoms in total. The van der Waals surface area contributed by atoms with E-state index in [0.29, 0.717) is 17.5 Å². The summed E-state index contributed by atoms with van der Waals surface area (Å²) >= 11 is 0. The zero-order chi connectivity index (χ0) is 19.3. The van der Waals surface area contributed by atoms with Crippen LogP contribution in [-0.2, 0) is 6.54 Å². The van der Waals surface area contributed by atoms with Crippen molar-refractivity contribution in [1.82, 2.24) is 14.9 Å². The highest BCUT2D eigenvalue weighted by atomic mass is 15.1. The number of benzene rings is 1. The van der Waals surface area contributed by atoms with Gasteiger partial charge >= 0.3 is 0 Å². The Kier molecular flexibility index (Phi) is 4.77. The number of para-hydroxylation sites is 2. The molecule has 0 aliphatic heterocycles. The van der Waals surface area contributed by atoms with E-state index in [2.05, 4.69) is 54.9 Å². The van der Waals surface area contributed by atoms with Gasteiger partial charge in [0.05, 0.1) is 17.6 Å². The first kappa shape index (κ1) is 18.7. The molecule has 1 aromatic heterocycles. The molecule has 4 saturated carbocycles. The first-order chi connectivity index (χ1) is 13.6. The summed E-state index contributed by atoms with van der Waals surface area (Å²) in [6.45, 7) is 8.38. The third-order valence-electron chi connectivity index (χ3n) is 8.74. The van der Waals surface area contributed by atoms with E-state index in [4.69, 9.17) is 4.98 Å². The van der Waals surface area contributed by atoms with Crippen molar-refractivity contribution in [1.29, 1.82) is 0 Å². The van der Waals surface area contributed by atoms with E-state index < -0.39 is 0 Å². The maximum atomic E-state index is 5.09. The van der Waals surface area contributed by atoms with Crippen LogP contribution in [0.1, 0.15) is 84.0 Å². The van der Waals surface area contributed by atoms with Crippen LogP contribution in [0.25, 0.3) is 11.0 Å². The maximum absolute atomic E-state index is 5.09. The Hall–Kier alpha value is -1.35. The molecule has 0 saturated heterocycles. The molecule has 4 atom stereocenters. The highest BCUT2D eigenvalue weighted by Crippen LogP contribution is 2.61. The normalized spacial score (nSPS) is 32.8. The Morgan fingerprint density at radius 2 is 1.82 bits per heavy atom. The van der Waals surface area contributed by atoms with E-state index in [1.807, 2.05) is 0 Å². The molecule has 0 spiro atoms. The largest absolute Gasteiger partial charge is 0.324 e. The van der Waals surface area contributed by atoms with Gasteiger partial charge in [0.25, 0.3) is 0 Å². The van der Waals surface area contributed by atoms with Crippen LogP contribution in [0.2, 0.25) is 0 Å². The van der Waals surface area contributed by atoms with Gasteiger partial charge in [-0.05, 0) is 61.0 Å². The van der Waals surface area contributed by atoms with Gasteiger partial charge < -0.3 is 9.88 Å². The van der Waals surface area contributed by atoms with Gasteiger partial charge in [0.2, 0.25) is 0 Å². The molecule has 0 unspecified atom stereocenters. The summed E-state index contributed by atoms with van der Waals surface area (Å²) in [5, 5.41) is 3.96. The molecule has 1 aromatic carbocycles. The van der Waals surface area contributed by atoms with Crippen molar-refractivity contribution in [3.63, 3.8) is 0 Å². The minimum Gasteiger partial charge on any atom is -0.324 e. The monoisotopic (exact) mass is 379 g/mol. The Morgan fingerprint density at radius 1 is 1.07 bits per heavy atom. The molecular formula is C25H37N3. The van der Waals surface area contributed by atoms with E-state index >= 15 is 0 Å². The van der Waals surface area contributed by atoms with Crippen LogP contribution < -0.4 is 5.32 Å². The van der Waals surface area contributed by atoms with Crippen LogP contribution >= 0.6 is 0 Å². The van der Waals surface area contributed by atoms with Crippen LogP contribution in [0, 0.1) is 23.2 Å². The van der Waals surface area contributed by atoms with Crippen molar-refractivity contribution < 1.29 is 0 Å². The summed E-state index contributed by atoms with van der Waals surface area (Å²) in [5.41, 5.74) is 3.07. The van der Waals surface area contributed by atoms with Gasteiger partial charge in [-0.3, -0.25) is 0 Å². The Morgan fingerprint density at radius 3 is 2.54 bits per heavy atom. The lowest BCUT2D eigenvalue weighted by molar-refractivity contribution is -0.115. The van der Waals surface area contributed by atoms with E-state index in [1.54, 1.807) is 0 Å². The van der Waals surface area contributed by atoms with Crippen molar-refractivity contribution in [3.05, 3.63) is 30.1 Å². The molecule has 4 fully saturated rings. The molecule has 152 valence electrons. The minimum absolute atomic E-state index is 0.561. The molecule has 1 heterocycles. The first-order valence-corrected chi connectivity index (χ1v) is 11.7. The van der Waals surface area contributed by atoms with Crippen LogP contribution in [-0.4, -0.2) is 15.6 Å². The second kappa shape index (κ2) is 7.16. The molecule has 6 rings (SSSR count). The number of nitrogens with zero attached hydrogens (tertiary/aromatic N) is 2. The van der Waals surface area contributed by atoms with Gasteiger partial charge in [0, 0.05) is 12.1 Å². The Labute approximate surface area is 170 Å². The zero-order valence-corrected chi connectivity index (χ0v) is 18.0. The third kappa shape index (κ3) is 3.01. The molecule has 4 aliphatic rings. The molecule has 3 heteroatoms. The van der Waals surface area contributed by atoms with E-state index in [9.17, 15) is 0 Å². The fourth-order valence-corrected chi connectivity index (χ4v) is 6.78. The lowest BCUT2D eigenvalue weighted by atomic mass is 9.45. The number of nitrogens with one attached hydrogen (secondary N) is 1. The topological polar surface area (TPSA) is 29.9 Å². The van der Waals surface area contributed by atoms with Gasteiger partial charge in [-0.25, -0.2) is 4.98 Å². The summed E-state index contributed by atoms with van der Waals surface area (Å²) in [7, 11) is 0. The fraction of sp³-hybridized carbons (Fsp3) is 0.720. The first-order valence-electron chi connectivity index (χ1n) is 11.7. The quantitative estimate of drug-likeness (QED) is 0.651. The van der Waals surface area contributed by atoms with Gasteiger partial charge in [0.15, 0.2) is 0 Å². The average molecular weight is 380 g/mol. The molecule has 0 radical (unpaired) electrons. The molecule has 0 amide bonds. The maximum Gasteiger partial charge on any atom is 0.124 e. The van der Waals surface area contributed by atoms with Crippen molar-refractivity contribution in [3.8, 4) is 0 Å². The summed E-state index contributed by atoms with van der Waals surface area (Å²) in [6.07, 6.45) is 10.9. The molecule has 2 bridgehead atoms. The number of fused-ring (bicyclic) bond motifs is 3. The summed E-state index contributed by atoms with van der Waals surface area (Å²) in [5.74, 6) is 3.84. The summed E-state index contributed by atoms with van der Waals surface area (Å²) in [6, 6.07) is 10.0. The van der Waals surface area contributed by atoms with Gasteiger partial charge in [-0.15, -0.1) is 0 Å². The highest BCUT2D eigenvalue weighted by molar-refractivity contribution is 5.76. The van der Waals surface area contributed by atoms with Gasteiger partial charge in [-0.2, -0.15) is 0 Å². The smallest absolute Gasteiger partial charge is 0.124 e. The van der Waals surface area contributed by atoms with Crippen molar-refractivity contribution in [2.75, 3.05) is 0 Å². The number of aromatic nitrogens is 2. The SMILES string of the molecule is C[C@@H]1[C@H]2C[C@@H](C[C@H]1NCc1nc3ccccc3n1C1CCCCCC1)C2(C)C. The zero-order valence-electron chi connectivity index (χ0n) is 18.0. The van der Waals surface area contributed by atoms with E-state index in [-0.39, 0.29) is 0 Å². The second-order valence-electron chi connectivity index (χ2n) is 10.5. The Bertz CT molecular complexity index is 827. The standard InChI is InChI=1S/C25H37N3/c1-17-20-14-18(25(20,2)3)15-22(17)26-16-24-27-21-12-8-9-13-23(21)28(24)19-10-6-4-5-7-11-19/h8-9,12-13,17-20,22,26H,4-7,10-11,14-16H2,1-3H3/t17-,18+,20-,22-/m1/s1. The average Bonchev–Trinajstić information content (AvgIpc) is 2.85. The molecule has 2 aromatic rings. The summed E-state index contributed by atoms with van der Waals surface area (Å²) in [4.78, 5) is 5.09. The van der Waals surface area contributed by atoms with Crippen molar-refractivity contribution in [2.24, 2.45) is 23.2 Å². The van der Waals surface area contributed by atoms with Gasteiger partial charge in [0.1, 0.15) is 5.82 Å². The Balaban J connectivity index is 1.38. The third-order valence-corrected chi connectivity index (χ3v) is 8.74. The molecule has 4 aliphatic carbocycles. The van der Waals surface area contributed by atoms with Crippen LogP contribution in [0.4, 0.5) is 0 Å². The highest BCUT2D eigenvalue weighted by Gasteiger charge is 2.56. The van der Waals surface area contributed by atoms with Crippen LogP contribution in [0.5, 0.6) is 0 Å². The molecular weight excluding hydrogens is 342 g/mol. The molecule has 1 N–H and O–H groups in total. The number of rotatable bonds is 4. The van der Waals surface area contributed by atoms with Crippen molar-refractivity contribution in [2.45, 2.75) is 90.8 Å². The minimum atomic E-state index is 0.561. The number of imidazole rings is 1. The molecule has 28 heavy (non-hydrogen) atoms. The van der Waals surface area contributed by atoms with Crippen molar-refractivity contribution >= 4 is 11.0 Å². The van der Waals surface area contributed by atoms with Crippen LogP contribution in [0.15, 0.2) is 24.3 Å². The number of hydrogen-bond donors (Lipinski definition) is 1. The number of hydrogen-bond acceptors (Lipinski definition) is 2. The van der Waals surface area contributed by atoms with E-state index in [0.717, 1.165) is 24.3 Å². The lowest BCUT2D eigenvalue weighted by Crippen LogP contribution is -2.59. The predicted molar refractivity (Wildman–Crippen MR) is 116 cm³/mol. The van der Waals surface area contributed by atoms with Crippen LogP contribution in [0.3, 0.4) is 0 Å².